The maximum absolute atomic E-state index is 13.8. The van der Waals surface area contributed by atoms with E-state index < -0.39 is 26.6 Å². The van der Waals surface area contributed by atoms with Crippen LogP contribution in [-0.2, 0) is 14.8 Å². The van der Waals surface area contributed by atoms with Gasteiger partial charge in [0.25, 0.3) is 5.91 Å². The van der Waals surface area contributed by atoms with Crippen molar-refractivity contribution >= 4 is 15.9 Å². The van der Waals surface area contributed by atoms with E-state index in [9.17, 15) is 22.0 Å². The largest absolute Gasteiger partial charge is 0.349 e. The SMILES string of the molecule is CCC[C@@H](C)NC(=O)C[NH+]1CCN(S(=O)(=O)c2cc(F)ccc2F)CC1. The van der Waals surface area contributed by atoms with Gasteiger partial charge < -0.3 is 10.2 Å². The van der Waals surface area contributed by atoms with E-state index in [1.165, 1.54) is 0 Å². The van der Waals surface area contributed by atoms with Crippen molar-refractivity contribution in [3.05, 3.63) is 29.8 Å². The summed E-state index contributed by atoms with van der Waals surface area (Å²) in [4.78, 5) is 12.3. The number of amides is 1. The topological polar surface area (TPSA) is 70.9 Å². The van der Waals surface area contributed by atoms with Crippen LogP contribution in [0.1, 0.15) is 26.7 Å². The Kier molecular flexibility index (Phi) is 7.08. The summed E-state index contributed by atoms with van der Waals surface area (Å²) >= 11 is 0. The number of nitrogens with zero attached hydrogens (tertiary/aromatic N) is 1. The van der Waals surface area contributed by atoms with Crippen molar-refractivity contribution in [2.75, 3.05) is 32.7 Å². The summed E-state index contributed by atoms with van der Waals surface area (Å²) in [6.07, 6.45) is 1.90. The highest BCUT2D eigenvalue weighted by Gasteiger charge is 2.33. The molecule has 1 aliphatic heterocycles. The summed E-state index contributed by atoms with van der Waals surface area (Å²) in [7, 11) is -4.09. The Hall–Kier alpha value is -1.58. The van der Waals surface area contributed by atoms with Crippen molar-refractivity contribution in [1.82, 2.24) is 9.62 Å². The molecule has 2 N–H and O–H groups in total. The van der Waals surface area contributed by atoms with Crippen LogP contribution in [0.3, 0.4) is 0 Å². The predicted octanol–water partition coefficient (Wildman–Crippen LogP) is 0.159. The zero-order valence-corrected chi connectivity index (χ0v) is 15.9. The average molecular weight is 390 g/mol. The minimum absolute atomic E-state index is 0.0616. The predicted molar refractivity (Wildman–Crippen MR) is 93.2 cm³/mol. The highest BCUT2D eigenvalue weighted by molar-refractivity contribution is 7.89. The third-order valence-electron chi connectivity index (χ3n) is 4.48. The van der Waals surface area contributed by atoms with Crippen molar-refractivity contribution in [2.24, 2.45) is 0 Å². The molecule has 1 aromatic rings. The molecule has 0 bridgehead atoms. The Morgan fingerprint density at radius 1 is 1.31 bits per heavy atom. The molecule has 1 heterocycles. The van der Waals surface area contributed by atoms with Crippen LogP contribution in [0, 0.1) is 11.6 Å². The van der Waals surface area contributed by atoms with Gasteiger partial charge in [-0.1, -0.05) is 13.3 Å². The Morgan fingerprint density at radius 3 is 2.58 bits per heavy atom. The van der Waals surface area contributed by atoms with Gasteiger partial charge >= 0.3 is 0 Å². The lowest BCUT2D eigenvalue weighted by Crippen LogP contribution is -3.15. The molecule has 6 nitrogen and oxygen atoms in total. The van der Waals surface area contributed by atoms with Crippen molar-refractivity contribution < 1.29 is 26.9 Å². The smallest absolute Gasteiger partial charge is 0.275 e. The van der Waals surface area contributed by atoms with E-state index in [2.05, 4.69) is 12.2 Å². The number of carbonyl (C=O) groups is 1. The second-order valence-corrected chi connectivity index (χ2v) is 8.57. The van der Waals surface area contributed by atoms with Crippen LogP contribution in [0.2, 0.25) is 0 Å². The minimum atomic E-state index is -4.09. The minimum Gasteiger partial charge on any atom is -0.349 e. The van der Waals surface area contributed by atoms with Gasteiger partial charge in [0.1, 0.15) is 16.5 Å². The van der Waals surface area contributed by atoms with E-state index in [1.54, 1.807) is 0 Å². The first kappa shape index (κ1) is 20.7. The third-order valence-corrected chi connectivity index (χ3v) is 6.39. The van der Waals surface area contributed by atoms with Crippen LogP contribution in [-0.4, -0.2) is 57.4 Å². The zero-order valence-electron chi connectivity index (χ0n) is 15.1. The molecule has 9 heteroatoms. The fourth-order valence-corrected chi connectivity index (χ4v) is 4.61. The molecule has 146 valence electrons. The molecule has 0 aliphatic carbocycles. The lowest BCUT2D eigenvalue weighted by molar-refractivity contribution is -0.895. The highest BCUT2D eigenvalue weighted by Crippen LogP contribution is 2.20. The number of carbonyl (C=O) groups excluding carboxylic acids is 1. The van der Waals surface area contributed by atoms with E-state index in [4.69, 9.17) is 0 Å². The van der Waals surface area contributed by atoms with Gasteiger partial charge in [-0.25, -0.2) is 17.2 Å². The first-order valence-electron chi connectivity index (χ1n) is 8.82. The monoisotopic (exact) mass is 390 g/mol. The fourth-order valence-electron chi connectivity index (χ4n) is 3.09. The molecule has 0 saturated carbocycles. The normalized spacial score (nSPS) is 17.8. The summed E-state index contributed by atoms with van der Waals surface area (Å²) in [6, 6.07) is 2.51. The Morgan fingerprint density at radius 2 is 1.96 bits per heavy atom. The maximum atomic E-state index is 13.8. The number of quaternary nitrogens is 1. The molecule has 1 fully saturated rings. The molecule has 1 atom stereocenters. The molecule has 1 aromatic carbocycles. The number of sulfonamides is 1. The first-order valence-corrected chi connectivity index (χ1v) is 10.3. The molecule has 1 amide bonds. The van der Waals surface area contributed by atoms with Gasteiger partial charge in [0.2, 0.25) is 10.0 Å². The van der Waals surface area contributed by atoms with Crippen molar-refractivity contribution in [2.45, 2.75) is 37.6 Å². The average Bonchev–Trinajstić information content (AvgIpc) is 2.57. The first-order chi connectivity index (χ1) is 12.2. The van der Waals surface area contributed by atoms with Gasteiger partial charge in [-0.3, -0.25) is 4.79 Å². The van der Waals surface area contributed by atoms with E-state index in [0.29, 0.717) is 19.2 Å². The van der Waals surface area contributed by atoms with Crippen molar-refractivity contribution in [3.8, 4) is 0 Å². The van der Waals surface area contributed by atoms with Crippen LogP contribution < -0.4 is 10.2 Å². The molecule has 26 heavy (non-hydrogen) atoms. The van der Waals surface area contributed by atoms with Gasteiger partial charge in [-0.15, -0.1) is 0 Å². The van der Waals surface area contributed by atoms with Crippen LogP contribution in [0.25, 0.3) is 0 Å². The van der Waals surface area contributed by atoms with Gasteiger partial charge in [0.05, 0.1) is 26.2 Å². The molecule has 1 saturated heterocycles. The third kappa shape index (κ3) is 5.21. The van der Waals surface area contributed by atoms with Crippen LogP contribution in [0.5, 0.6) is 0 Å². The molecular formula is C17H26F2N3O3S+. The summed E-state index contributed by atoms with van der Waals surface area (Å²) in [6.45, 7) is 5.47. The van der Waals surface area contributed by atoms with Gasteiger partial charge in [0, 0.05) is 6.04 Å². The van der Waals surface area contributed by atoms with Gasteiger partial charge in [-0.05, 0) is 31.5 Å². The van der Waals surface area contributed by atoms with E-state index in [0.717, 1.165) is 34.2 Å². The van der Waals surface area contributed by atoms with Crippen molar-refractivity contribution in [1.29, 1.82) is 0 Å². The summed E-state index contributed by atoms with van der Waals surface area (Å²) in [5.74, 6) is -1.83. The summed E-state index contributed by atoms with van der Waals surface area (Å²) in [5.41, 5.74) is 0. The molecular weight excluding hydrogens is 364 g/mol. The molecule has 0 unspecified atom stereocenters. The number of hydrogen-bond acceptors (Lipinski definition) is 3. The molecule has 0 aromatic heterocycles. The molecule has 0 spiro atoms. The maximum Gasteiger partial charge on any atom is 0.275 e. The van der Waals surface area contributed by atoms with E-state index in [-0.39, 0.29) is 31.6 Å². The number of piperazine rings is 1. The van der Waals surface area contributed by atoms with Gasteiger partial charge in [0.15, 0.2) is 6.54 Å². The fraction of sp³-hybridized carbons (Fsp3) is 0.588. The number of hydrogen-bond donors (Lipinski definition) is 2. The van der Waals surface area contributed by atoms with Crippen LogP contribution in [0.15, 0.2) is 23.1 Å². The van der Waals surface area contributed by atoms with E-state index >= 15 is 0 Å². The Labute approximate surface area is 153 Å². The Bertz CT molecular complexity index is 735. The summed E-state index contributed by atoms with van der Waals surface area (Å²) in [5, 5.41) is 2.93. The quantitative estimate of drug-likeness (QED) is 0.697. The second-order valence-electron chi connectivity index (χ2n) is 6.66. The molecule has 0 radical (unpaired) electrons. The lowest BCUT2D eigenvalue weighted by atomic mass is 10.2. The number of rotatable bonds is 7. The lowest BCUT2D eigenvalue weighted by Gasteiger charge is -2.31. The second kappa shape index (κ2) is 8.88. The number of halogens is 2. The van der Waals surface area contributed by atoms with Crippen LogP contribution >= 0.6 is 0 Å². The zero-order chi connectivity index (χ0) is 19.3. The van der Waals surface area contributed by atoms with Crippen molar-refractivity contribution in [3.63, 3.8) is 0 Å². The number of benzene rings is 1. The molecule has 1 aliphatic rings. The Balaban J connectivity index is 1.93. The van der Waals surface area contributed by atoms with Crippen LogP contribution in [0.4, 0.5) is 8.78 Å². The van der Waals surface area contributed by atoms with E-state index in [1.807, 2.05) is 6.92 Å². The standard InChI is InChI=1S/C17H25F2N3O3S/c1-3-4-13(2)20-17(23)12-21-7-9-22(10-8-21)26(24,25)16-11-14(18)5-6-15(16)19/h5-6,11,13H,3-4,7-10,12H2,1-2H3,(H,20,23)/p+1/t13-/m1/s1. The molecule has 2 rings (SSSR count). The highest BCUT2D eigenvalue weighted by atomic mass is 32.2. The van der Waals surface area contributed by atoms with Gasteiger partial charge in [-0.2, -0.15) is 4.31 Å². The summed E-state index contributed by atoms with van der Waals surface area (Å²) < 4.78 is 53.4. The number of nitrogens with one attached hydrogen (secondary N) is 2.